The molecule has 1 aromatic heterocycles. The fraction of sp³-hybridized carbons (Fsp3) is 0.438. The van der Waals surface area contributed by atoms with E-state index in [0.717, 1.165) is 23.7 Å². The number of nitrogens with one attached hydrogen (secondary N) is 1. The van der Waals surface area contributed by atoms with E-state index in [4.69, 9.17) is 0 Å². The third-order valence-corrected chi connectivity index (χ3v) is 3.98. The topological polar surface area (TPSA) is 24.9 Å². The maximum Gasteiger partial charge on any atom is 0.0898 e. The molecule has 1 aromatic carbocycles. The molecule has 0 saturated carbocycles. The summed E-state index contributed by atoms with van der Waals surface area (Å²) in [5.41, 5.74) is 3.84. The van der Waals surface area contributed by atoms with E-state index < -0.39 is 0 Å². The molecule has 102 valence electrons. The van der Waals surface area contributed by atoms with Gasteiger partial charge in [0.15, 0.2) is 0 Å². The zero-order valence-electron chi connectivity index (χ0n) is 11.9. The van der Waals surface area contributed by atoms with Crippen LogP contribution in [0.3, 0.4) is 0 Å². The fourth-order valence-corrected chi connectivity index (χ4v) is 2.91. The highest BCUT2D eigenvalue weighted by atomic mass is 32.1. The molecule has 1 N–H and O–H groups in total. The second-order valence-corrected chi connectivity index (χ2v) is 5.84. The van der Waals surface area contributed by atoms with E-state index in [2.05, 4.69) is 60.7 Å². The Morgan fingerprint density at radius 2 is 1.95 bits per heavy atom. The summed E-state index contributed by atoms with van der Waals surface area (Å²) in [5, 5.41) is 6.80. The van der Waals surface area contributed by atoms with Crippen LogP contribution in [0.15, 0.2) is 29.6 Å². The molecule has 0 saturated heterocycles. The van der Waals surface area contributed by atoms with Crippen LogP contribution in [0.5, 0.6) is 0 Å². The summed E-state index contributed by atoms with van der Waals surface area (Å²) in [6.07, 6.45) is 2.35. The van der Waals surface area contributed by atoms with Gasteiger partial charge in [-0.3, -0.25) is 0 Å². The van der Waals surface area contributed by atoms with Crippen molar-refractivity contribution in [3.05, 3.63) is 51.5 Å². The summed E-state index contributed by atoms with van der Waals surface area (Å²) in [6, 6.07) is 9.15. The van der Waals surface area contributed by atoms with Crippen molar-refractivity contribution in [3.8, 4) is 0 Å². The third kappa shape index (κ3) is 3.64. The van der Waals surface area contributed by atoms with Gasteiger partial charge in [-0.2, -0.15) is 0 Å². The fourth-order valence-electron chi connectivity index (χ4n) is 2.28. The van der Waals surface area contributed by atoms with Gasteiger partial charge in [0, 0.05) is 5.38 Å². The van der Waals surface area contributed by atoms with E-state index in [9.17, 15) is 0 Å². The van der Waals surface area contributed by atoms with Gasteiger partial charge in [-0.15, -0.1) is 11.3 Å². The van der Waals surface area contributed by atoms with Gasteiger partial charge >= 0.3 is 0 Å². The highest BCUT2D eigenvalue weighted by Crippen LogP contribution is 2.24. The molecule has 19 heavy (non-hydrogen) atoms. The molecular weight excluding hydrogens is 252 g/mol. The summed E-state index contributed by atoms with van der Waals surface area (Å²) in [4.78, 5) is 4.62. The molecule has 3 heteroatoms. The van der Waals surface area contributed by atoms with Gasteiger partial charge in [-0.05, 0) is 31.0 Å². The van der Waals surface area contributed by atoms with Gasteiger partial charge in [0.25, 0.3) is 0 Å². The zero-order chi connectivity index (χ0) is 13.7. The van der Waals surface area contributed by atoms with Crippen molar-refractivity contribution in [1.82, 2.24) is 10.3 Å². The maximum atomic E-state index is 4.62. The number of hydrogen-bond donors (Lipinski definition) is 1. The van der Waals surface area contributed by atoms with Crippen LogP contribution in [0.25, 0.3) is 0 Å². The van der Waals surface area contributed by atoms with Gasteiger partial charge in [-0.25, -0.2) is 4.98 Å². The van der Waals surface area contributed by atoms with Crippen molar-refractivity contribution < 1.29 is 0 Å². The van der Waals surface area contributed by atoms with Crippen LogP contribution >= 0.6 is 11.3 Å². The normalized spacial score (nSPS) is 12.6. The Kier molecular flexibility index (Phi) is 5.11. The van der Waals surface area contributed by atoms with Crippen molar-refractivity contribution in [2.24, 2.45) is 0 Å². The Morgan fingerprint density at radius 3 is 2.47 bits per heavy atom. The largest absolute Gasteiger partial charge is 0.305 e. The summed E-state index contributed by atoms with van der Waals surface area (Å²) < 4.78 is 0. The van der Waals surface area contributed by atoms with E-state index in [-0.39, 0.29) is 6.04 Å². The van der Waals surface area contributed by atoms with Crippen LogP contribution in [-0.4, -0.2) is 11.5 Å². The molecule has 1 unspecified atom stereocenters. The average Bonchev–Trinajstić information content (AvgIpc) is 2.84. The molecule has 0 fully saturated rings. The Balaban J connectivity index is 2.23. The van der Waals surface area contributed by atoms with E-state index in [1.807, 2.05) is 0 Å². The second kappa shape index (κ2) is 6.83. The summed E-state index contributed by atoms with van der Waals surface area (Å²) >= 11 is 1.71. The van der Waals surface area contributed by atoms with E-state index in [0.29, 0.717) is 0 Å². The van der Waals surface area contributed by atoms with Crippen molar-refractivity contribution in [3.63, 3.8) is 0 Å². The molecule has 0 aliphatic heterocycles. The van der Waals surface area contributed by atoms with E-state index in [1.54, 1.807) is 11.3 Å². The second-order valence-electron chi connectivity index (χ2n) is 4.77. The summed E-state index contributed by atoms with van der Waals surface area (Å²) in [6.45, 7) is 7.35. The summed E-state index contributed by atoms with van der Waals surface area (Å²) in [5.74, 6) is 0. The van der Waals surface area contributed by atoms with Crippen LogP contribution in [0.4, 0.5) is 0 Å². The van der Waals surface area contributed by atoms with Crippen LogP contribution in [0.1, 0.15) is 48.1 Å². The molecule has 2 nitrogen and oxygen atoms in total. The predicted molar refractivity (Wildman–Crippen MR) is 82.8 cm³/mol. The van der Waals surface area contributed by atoms with Gasteiger partial charge in [0.05, 0.1) is 16.7 Å². The molecule has 2 rings (SSSR count). The quantitative estimate of drug-likeness (QED) is 0.857. The van der Waals surface area contributed by atoms with Crippen LogP contribution in [0.2, 0.25) is 0 Å². The number of rotatable bonds is 6. The highest BCUT2D eigenvalue weighted by molar-refractivity contribution is 7.09. The first kappa shape index (κ1) is 14.2. The average molecular weight is 274 g/mol. The van der Waals surface area contributed by atoms with Crippen molar-refractivity contribution in [1.29, 1.82) is 0 Å². The van der Waals surface area contributed by atoms with Crippen LogP contribution < -0.4 is 5.32 Å². The van der Waals surface area contributed by atoms with Gasteiger partial charge in [0.2, 0.25) is 0 Å². The van der Waals surface area contributed by atoms with Crippen molar-refractivity contribution >= 4 is 11.3 Å². The molecule has 2 aromatic rings. The first-order valence-corrected chi connectivity index (χ1v) is 7.86. The summed E-state index contributed by atoms with van der Waals surface area (Å²) in [7, 11) is 0. The maximum absolute atomic E-state index is 4.62. The van der Waals surface area contributed by atoms with Crippen molar-refractivity contribution in [2.75, 3.05) is 6.54 Å². The monoisotopic (exact) mass is 274 g/mol. The van der Waals surface area contributed by atoms with Gasteiger partial charge in [0.1, 0.15) is 0 Å². The number of benzene rings is 1. The lowest BCUT2D eigenvalue weighted by atomic mass is 10.0. The predicted octanol–water partition coefficient (Wildman–Crippen LogP) is 4.10. The molecule has 0 aliphatic rings. The SMILES string of the molecule is CCCc1ccc(C(NCC)c2csc(C)n2)cc1. The lowest BCUT2D eigenvalue weighted by molar-refractivity contribution is 0.617. The number of aryl methyl sites for hydroxylation is 2. The smallest absolute Gasteiger partial charge is 0.0898 e. The standard InChI is InChI=1S/C16H22N2S/c1-4-6-13-7-9-14(10-8-13)16(17-5-2)15-11-19-12(3)18-15/h7-11,16-17H,4-6H2,1-3H3. The number of thiazole rings is 1. The first-order chi connectivity index (χ1) is 9.24. The molecular formula is C16H22N2S. The number of aromatic nitrogens is 1. The Morgan fingerprint density at radius 1 is 1.21 bits per heavy atom. The molecule has 1 heterocycles. The van der Waals surface area contributed by atoms with Crippen molar-refractivity contribution in [2.45, 2.75) is 39.7 Å². The van der Waals surface area contributed by atoms with E-state index >= 15 is 0 Å². The third-order valence-electron chi connectivity index (χ3n) is 3.19. The minimum atomic E-state index is 0.214. The van der Waals surface area contributed by atoms with Crippen LogP contribution in [0, 0.1) is 6.92 Å². The molecule has 0 radical (unpaired) electrons. The lowest BCUT2D eigenvalue weighted by Gasteiger charge is -2.16. The Hall–Kier alpha value is -1.19. The lowest BCUT2D eigenvalue weighted by Crippen LogP contribution is -2.22. The van der Waals surface area contributed by atoms with E-state index in [1.165, 1.54) is 17.5 Å². The highest BCUT2D eigenvalue weighted by Gasteiger charge is 2.15. The number of hydrogen-bond acceptors (Lipinski definition) is 3. The number of nitrogens with zero attached hydrogens (tertiary/aromatic N) is 1. The molecule has 1 atom stereocenters. The van der Waals surface area contributed by atoms with Crippen LogP contribution in [-0.2, 0) is 6.42 Å². The zero-order valence-corrected chi connectivity index (χ0v) is 12.8. The minimum absolute atomic E-state index is 0.214. The van der Waals surface area contributed by atoms with Gasteiger partial charge < -0.3 is 5.32 Å². The molecule has 0 aliphatic carbocycles. The Bertz CT molecular complexity index is 502. The Labute approximate surface area is 119 Å². The molecule has 0 bridgehead atoms. The molecule has 0 spiro atoms. The van der Waals surface area contributed by atoms with Gasteiger partial charge in [-0.1, -0.05) is 44.5 Å². The molecule has 0 amide bonds. The first-order valence-electron chi connectivity index (χ1n) is 6.98. The minimum Gasteiger partial charge on any atom is -0.305 e.